The van der Waals surface area contributed by atoms with E-state index in [0.717, 1.165) is 16.8 Å². The minimum atomic E-state index is -0.175. The fourth-order valence-electron chi connectivity index (χ4n) is 1.46. The van der Waals surface area contributed by atoms with Gasteiger partial charge < -0.3 is 10.3 Å². The number of imidazole rings is 1. The zero-order valence-corrected chi connectivity index (χ0v) is 9.24. The van der Waals surface area contributed by atoms with E-state index in [2.05, 4.69) is 15.3 Å². The van der Waals surface area contributed by atoms with E-state index in [9.17, 15) is 4.79 Å². The van der Waals surface area contributed by atoms with Crippen molar-refractivity contribution in [2.75, 3.05) is 5.32 Å². The van der Waals surface area contributed by atoms with Crippen molar-refractivity contribution in [2.45, 2.75) is 13.8 Å². The SMILES string of the molecule is Cc1cccc(NC(=O)c2cnc[nH]2)c1C. The number of aromatic amines is 1. The maximum absolute atomic E-state index is 11.8. The Morgan fingerprint density at radius 2 is 2.19 bits per heavy atom. The van der Waals surface area contributed by atoms with Crippen molar-refractivity contribution < 1.29 is 4.79 Å². The van der Waals surface area contributed by atoms with Gasteiger partial charge in [-0.15, -0.1) is 0 Å². The van der Waals surface area contributed by atoms with E-state index in [4.69, 9.17) is 0 Å². The molecule has 0 aliphatic rings. The zero-order chi connectivity index (χ0) is 11.5. The summed E-state index contributed by atoms with van der Waals surface area (Å²) in [5, 5.41) is 2.84. The van der Waals surface area contributed by atoms with E-state index >= 15 is 0 Å². The lowest BCUT2D eigenvalue weighted by atomic mass is 10.1. The summed E-state index contributed by atoms with van der Waals surface area (Å²) in [5.74, 6) is -0.175. The Morgan fingerprint density at radius 3 is 2.88 bits per heavy atom. The highest BCUT2D eigenvalue weighted by atomic mass is 16.1. The third-order valence-electron chi connectivity index (χ3n) is 2.60. The Hall–Kier alpha value is -2.10. The number of carbonyl (C=O) groups is 1. The number of anilines is 1. The number of nitrogens with zero attached hydrogens (tertiary/aromatic N) is 1. The van der Waals surface area contributed by atoms with Crippen LogP contribution in [-0.4, -0.2) is 15.9 Å². The van der Waals surface area contributed by atoms with Crippen LogP contribution in [0, 0.1) is 13.8 Å². The third-order valence-corrected chi connectivity index (χ3v) is 2.60. The number of aromatic nitrogens is 2. The van der Waals surface area contributed by atoms with Crippen molar-refractivity contribution in [3.63, 3.8) is 0 Å². The molecule has 0 radical (unpaired) electrons. The molecule has 1 aromatic heterocycles. The third kappa shape index (κ3) is 1.95. The fraction of sp³-hybridized carbons (Fsp3) is 0.167. The van der Waals surface area contributed by atoms with E-state index < -0.39 is 0 Å². The van der Waals surface area contributed by atoms with E-state index in [1.165, 1.54) is 12.5 Å². The van der Waals surface area contributed by atoms with Crippen LogP contribution in [0.15, 0.2) is 30.7 Å². The first-order chi connectivity index (χ1) is 7.68. The van der Waals surface area contributed by atoms with Gasteiger partial charge >= 0.3 is 0 Å². The van der Waals surface area contributed by atoms with E-state index in [1.807, 2.05) is 32.0 Å². The van der Waals surface area contributed by atoms with Gasteiger partial charge in [-0.05, 0) is 31.0 Å². The lowest BCUT2D eigenvalue weighted by Crippen LogP contribution is -2.13. The Morgan fingerprint density at radius 1 is 1.38 bits per heavy atom. The van der Waals surface area contributed by atoms with Crippen LogP contribution in [-0.2, 0) is 0 Å². The monoisotopic (exact) mass is 215 g/mol. The molecule has 2 N–H and O–H groups in total. The summed E-state index contributed by atoms with van der Waals surface area (Å²) < 4.78 is 0. The van der Waals surface area contributed by atoms with Gasteiger partial charge in [-0.25, -0.2) is 4.98 Å². The molecule has 0 spiro atoms. The predicted octanol–water partition coefficient (Wildman–Crippen LogP) is 2.28. The number of hydrogen-bond acceptors (Lipinski definition) is 2. The Labute approximate surface area is 93.7 Å². The largest absolute Gasteiger partial charge is 0.341 e. The average Bonchev–Trinajstić information content (AvgIpc) is 2.78. The highest BCUT2D eigenvalue weighted by molar-refractivity contribution is 6.03. The first kappa shape index (κ1) is 10.4. The van der Waals surface area contributed by atoms with Crippen LogP contribution in [0.5, 0.6) is 0 Å². The molecule has 0 saturated carbocycles. The van der Waals surface area contributed by atoms with Crippen LogP contribution in [0.25, 0.3) is 0 Å². The summed E-state index contributed by atoms with van der Waals surface area (Å²) in [6, 6.07) is 5.82. The molecule has 0 fully saturated rings. The second-order valence-electron chi connectivity index (χ2n) is 3.67. The second-order valence-corrected chi connectivity index (χ2v) is 3.67. The molecular weight excluding hydrogens is 202 g/mol. The number of benzene rings is 1. The summed E-state index contributed by atoms with van der Waals surface area (Å²) in [6.45, 7) is 4.00. The molecule has 1 aromatic carbocycles. The topological polar surface area (TPSA) is 57.8 Å². The molecule has 82 valence electrons. The summed E-state index contributed by atoms with van der Waals surface area (Å²) in [7, 11) is 0. The van der Waals surface area contributed by atoms with Gasteiger partial charge in [-0.2, -0.15) is 0 Å². The van der Waals surface area contributed by atoms with Crippen molar-refractivity contribution in [2.24, 2.45) is 0 Å². The Kier molecular flexibility index (Phi) is 2.72. The molecule has 16 heavy (non-hydrogen) atoms. The minimum absolute atomic E-state index is 0.175. The Balaban J connectivity index is 2.22. The van der Waals surface area contributed by atoms with Crippen LogP contribution >= 0.6 is 0 Å². The molecule has 2 aromatic rings. The van der Waals surface area contributed by atoms with Crippen LogP contribution in [0.2, 0.25) is 0 Å². The van der Waals surface area contributed by atoms with Crippen LogP contribution in [0.4, 0.5) is 5.69 Å². The second kappa shape index (κ2) is 4.18. The molecule has 0 aliphatic carbocycles. The molecule has 4 nitrogen and oxygen atoms in total. The molecule has 1 amide bonds. The van der Waals surface area contributed by atoms with Gasteiger partial charge in [-0.3, -0.25) is 4.79 Å². The first-order valence-corrected chi connectivity index (χ1v) is 5.04. The van der Waals surface area contributed by atoms with Gasteiger partial charge in [0.1, 0.15) is 5.69 Å². The summed E-state index contributed by atoms with van der Waals surface area (Å²) in [6.07, 6.45) is 2.98. The Bertz CT molecular complexity index is 503. The molecule has 1 heterocycles. The number of H-pyrrole nitrogens is 1. The van der Waals surface area contributed by atoms with Crippen LogP contribution < -0.4 is 5.32 Å². The molecule has 0 unspecified atom stereocenters. The van der Waals surface area contributed by atoms with Crippen molar-refractivity contribution in [1.29, 1.82) is 0 Å². The number of hydrogen-bond donors (Lipinski definition) is 2. The number of nitrogens with one attached hydrogen (secondary N) is 2. The molecule has 4 heteroatoms. The lowest BCUT2D eigenvalue weighted by molar-refractivity contribution is 0.102. The van der Waals surface area contributed by atoms with Crippen LogP contribution in [0.1, 0.15) is 21.6 Å². The van der Waals surface area contributed by atoms with Gasteiger partial charge in [0.05, 0.1) is 12.5 Å². The maximum atomic E-state index is 11.8. The smallest absolute Gasteiger partial charge is 0.273 e. The highest BCUT2D eigenvalue weighted by Crippen LogP contribution is 2.18. The number of rotatable bonds is 2. The quantitative estimate of drug-likeness (QED) is 0.807. The van der Waals surface area contributed by atoms with Gasteiger partial charge in [0.25, 0.3) is 5.91 Å². The van der Waals surface area contributed by atoms with Gasteiger partial charge in [0, 0.05) is 5.69 Å². The van der Waals surface area contributed by atoms with E-state index in [-0.39, 0.29) is 5.91 Å². The minimum Gasteiger partial charge on any atom is -0.341 e. The number of amides is 1. The summed E-state index contributed by atoms with van der Waals surface area (Å²) in [4.78, 5) is 18.3. The summed E-state index contributed by atoms with van der Waals surface area (Å²) in [5.41, 5.74) is 3.53. The van der Waals surface area contributed by atoms with Crippen molar-refractivity contribution in [3.8, 4) is 0 Å². The number of carbonyl (C=O) groups excluding carboxylic acids is 1. The average molecular weight is 215 g/mol. The molecule has 0 atom stereocenters. The molecular formula is C12H13N3O. The van der Waals surface area contributed by atoms with E-state index in [0.29, 0.717) is 5.69 Å². The molecule has 0 aliphatic heterocycles. The molecule has 0 saturated heterocycles. The first-order valence-electron chi connectivity index (χ1n) is 5.04. The highest BCUT2D eigenvalue weighted by Gasteiger charge is 2.08. The zero-order valence-electron chi connectivity index (χ0n) is 9.24. The predicted molar refractivity (Wildman–Crippen MR) is 62.5 cm³/mol. The van der Waals surface area contributed by atoms with Crippen LogP contribution in [0.3, 0.4) is 0 Å². The maximum Gasteiger partial charge on any atom is 0.273 e. The number of aryl methyl sites for hydroxylation is 1. The van der Waals surface area contributed by atoms with Gasteiger partial charge in [-0.1, -0.05) is 12.1 Å². The standard InChI is InChI=1S/C12H13N3O/c1-8-4-3-5-10(9(8)2)15-12(16)11-6-13-7-14-11/h3-7H,1-2H3,(H,13,14)(H,15,16). The van der Waals surface area contributed by atoms with Gasteiger partial charge in [0.2, 0.25) is 0 Å². The lowest BCUT2D eigenvalue weighted by Gasteiger charge is -2.09. The van der Waals surface area contributed by atoms with Crippen molar-refractivity contribution in [1.82, 2.24) is 9.97 Å². The van der Waals surface area contributed by atoms with E-state index in [1.54, 1.807) is 0 Å². The normalized spacial score (nSPS) is 10.1. The molecule has 0 bridgehead atoms. The fourth-order valence-corrected chi connectivity index (χ4v) is 1.46. The summed E-state index contributed by atoms with van der Waals surface area (Å²) >= 11 is 0. The molecule has 2 rings (SSSR count). The van der Waals surface area contributed by atoms with Crippen molar-refractivity contribution in [3.05, 3.63) is 47.5 Å². The van der Waals surface area contributed by atoms with Crippen molar-refractivity contribution >= 4 is 11.6 Å². The van der Waals surface area contributed by atoms with Gasteiger partial charge in [0.15, 0.2) is 0 Å².